The number of nitrogens with one attached hydrogen (secondary N) is 1. The second-order valence-corrected chi connectivity index (χ2v) is 5.76. The van der Waals surface area contributed by atoms with Crippen molar-refractivity contribution in [3.63, 3.8) is 0 Å². The Morgan fingerprint density at radius 3 is 2.65 bits per heavy atom. The summed E-state index contributed by atoms with van der Waals surface area (Å²) in [5, 5.41) is 8.06. The summed E-state index contributed by atoms with van der Waals surface area (Å²) in [5.41, 5.74) is 10.8. The third-order valence-corrected chi connectivity index (χ3v) is 3.78. The van der Waals surface area contributed by atoms with E-state index in [1.54, 1.807) is 0 Å². The van der Waals surface area contributed by atoms with E-state index in [-0.39, 0.29) is 0 Å². The van der Waals surface area contributed by atoms with Gasteiger partial charge in [-0.25, -0.2) is 4.98 Å². The monoisotopic (exact) mass is 309 g/mol. The maximum absolute atomic E-state index is 5.62. The summed E-state index contributed by atoms with van der Waals surface area (Å²) in [6.45, 7) is 5.54. The quantitative estimate of drug-likeness (QED) is 0.734. The molecule has 0 fully saturated rings. The summed E-state index contributed by atoms with van der Waals surface area (Å²) in [4.78, 5) is 4.73. The zero-order chi connectivity index (χ0) is 16.2. The van der Waals surface area contributed by atoms with E-state index in [1.807, 2.05) is 10.6 Å². The number of aryl methyl sites for hydroxylation is 2. The first-order valence-corrected chi connectivity index (χ1v) is 8.12. The topological polar surface area (TPSA) is 68.2 Å². The van der Waals surface area contributed by atoms with Gasteiger partial charge in [0.05, 0.1) is 5.69 Å². The number of anilines is 1. The van der Waals surface area contributed by atoms with E-state index in [1.165, 1.54) is 5.56 Å². The van der Waals surface area contributed by atoms with Crippen LogP contribution < -0.4 is 11.1 Å². The lowest BCUT2D eigenvalue weighted by Gasteiger charge is -2.09. The van der Waals surface area contributed by atoms with Gasteiger partial charge < -0.3 is 11.1 Å². The van der Waals surface area contributed by atoms with Crippen LogP contribution in [0.5, 0.6) is 0 Å². The molecule has 120 valence electrons. The average Bonchev–Trinajstić information content (AvgIpc) is 2.97. The number of fused-ring (bicyclic) bond motifs is 1. The average molecular weight is 309 g/mol. The van der Waals surface area contributed by atoms with Gasteiger partial charge in [-0.05, 0) is 13.3 Å². The maximum atomic E-state index is 5.62. The van der Waals surface area contributed by atoms with Crippen LogP contribution in [-0.2, 0) is 6.42 Å². The van der Waals surface area contributed by atoms with E-state index in [9.17, 15) is 0 Å². The Kier molecular flexibility index (Phi) is 4.57. The lowest BCUT2D eigenvalue weighted by Crippen LogP contribution is -2.16. The summed E-state index contributed by atoms with van der Waals surface area (Å²) in [6.07, 6.45) is 2.03. The molecular formula is C18H23N5. The fraction of sp³-hybridized carbons (Fsp3) is 0.333. The normalized spacial score (nSPS) is 11.1. The molecule has 2 heterocycles. The van der Waals surface area contributed by atoms with Crippen molar-refractivity contribution in [3.05, 3.63) is 47.7 Å². The second-order valence-electron chi connectivity index (χ2n) is 5.76. The van der Waals surface area contributed by atoms with Gasteiger partial charge in [0, 0.05) is 36.5 Å². The highest BCUT2D eigenvalue weighted by Gasteiger charge is 2.10. The van der Waals surface area contributed by atoms with Gasteiger partial charge in [0.2, 0.25) is 0 Å². The van der Waals surface area contributed by atoms with E-state index < -0.39 is 0 Å². The van der Waals surface area contributed by atoms with Gasteiger partial charge >= 0.3 is 0 Å². The van der Waals surface area contributed by atoms with Gasteiger partial charge in [0.1, 0.15) is 5.82 Å². The Balaban J connectivity index is 2.07. The molecule has 2 aromatic heterocycles. The Morgan fingerprint density at radius 1 is 1.17 bits per heavy atom. The molecule has 3 aromatic rings. The SMILES string of the molecule is CCCc1cc(NCCN)n2nc(-c3ccc(C)cc3)cc2n1. The summed E-state index contributed by atoms with van der Waals surface area (Å²) in [6, 6.07) is 12.5. The lowest BCUT2D eigenvalue weighted by atomic mass is 10.1. The van der Waals surface area contributed by atoms with Crippen molar-refractivity contribution in [2.75, 3.05) is 18.4 Å². The van der Waals surface area contributed by atoms with Crippen molar-refractivity contribution in [2.24, 2.45) is 5.73 Å². The molecule has 23 heavy (non-hydrogen) atoms. The van der Waals surface area contributed by atoms with Gasteiger partial charge in [0.15, 0.2) is 5.65 Å². The van der Waals surface area contributed by atoms with Gasteiger partial charge in [-0.3, -0.25) is 0 Å². The molecule has 0 aliphatic rings. The number of hydrogen-bond donors (Lipinski definition) is 2. The minimum Gasteiger partial charge on any atom is -0.369 e. The number of nitrogens with zero attached hydrogens (tertiary/aromatic N) is 3. The fourth-order valence-corrected chi connectivity index (χ4v) is 2.60. The third-order valence-electron chi connectivity index (χ3n) is 3.78. The highest BCUT2D eigenvalue weighted by Crippen LogP contribution is 2.22. The van der Waals surface area contributed by atoms with Crippen molar-refractivity contribution < 1.29 is 0 Å². The Labute approximate surface area is 136 Å². The van der Waals surface area contributed by atoms with Crippen LogP contribution in [0.25, 0.3) is 16.9 Å². The van der Waals surface area contributed by atoms with Crippen LogP contribution >= 0.6 is 0 Å². The van der Waals surface area contributed by atoms with Crippen LogP contribution in [0.2, 0.25) is 0 Å². The number of hydrogen-bond acceptors (Lipinski definition) is 4. The van der Waals surface area contributed by atoms with Crippen LogP contribution in [0, 0.1) is 6.92 Å². The molecule has 0 saturated heterocycles. The predicted octanol–water partition coefficient (Wildman–Crippen LogP) is 3.03. The molecule has 0 bridgehead atoms. The van der Waals surface area contributed by atoms with Crippen molar-refractivity contribution in [2.45, 2.75) is 26.7 Å². The number of aromatic nitrogens is 3. The maximum Gasteiger partial charge on any atom is 0.158 e. The van der Waals surface area contributed by atoms with Crippen LogP contribution in [0.15, 0.2) is 36.4 Å². The van der Waals surface area contributed by atoms with E-state index in [0.29, 0.717) is 13.1 Å². The third kappa shape index (κ3) is 3.35. The minimum absolute atomic E-state index is 0.582. The van der Waals surface area contributed by atoms with Crippen molar-refractivity contribution in [1.82, 2.24) is 14.6 Å². The zero-order valence-electron chi connectivity index (χ0n) is 13.7. The highest BCUT2D eigenvalue weighted by atomic mass is 15.3. The van der Waals surface area contributed by atoms with Crippen molar-refractivity contribution in [3.8, 4) is 11.3 Å². The van der Waals surface area contributed by atoms with Gasteiger partial charge in [-0.1, -0.05) is 43.2 Å². The number of rotatable bonds is 6. The first kappa shape index (κ1) is 15.5. The van der Waals surface area contributed by atoms with Crippen molar-refractivity contribution >= 4 is 11.5 Å². The molecule has 3 N–H and O–H groups in total. The minimum atomic E-state index is 0.582. The Bertz CT molecular complexity index is 789. The van der Waals surface area contributed by atoms with Crippen LogP contribution in [-0.4, -0.2) is 27.7 Å². The number of nitrogens with two attached hydrogens (primary N) is 1. The van der Waals surface area contributed by atoms with E-state index in [2.05, 4.69) is 49.5 Å². The second kappa shape index (κ2) is 6.79. The molecule has 0 aliphatic heterocycles. The molecule has 3 rings (SSSR count). The molecule has 5 nitrogen and oxygen atoms in total. The first-order valence-electron chi connectivity index (χ1n) is 8.12. The predicted molar refractivity (Wildman–Crippen MR) is 94.7 cm³/mol. The smallest absolute Gasteiger partial charge is 0.158 e. The molecule has 1 aromatic carbocycles. The van der Waals surface area contributed by atoms with Gasteiger partial charge in [-0.2, -0.15) is 9.61 Å². The van der Waals surface area contributed by atoms with E-state index in [4.69, 9.17) is 15.8 Å². The van der Waals surface area contributed by atoms with Gasteiger partial charge in [0.25, 0.3) is 0 Å². The fourth-order valence-electron chi connectivity index (χ4n) is 2.60. The molecule has 0 aliphatic carbocycles. The molecule has 0 spiro atoms. The largest absolute Gasteiger partial charge is 0.369 e. The number of benzene rings is 1. The molecule has 0 atom stereocenters. The first-order chi connectivity index (χ1) is 11.2. The Morgan fingerprint density at radius 2 is 1.96 bits per heavy atom. The summed E-state index contributed by atoms with van der Waals surface area (Å²) in [7, 11) is 0. The molecule has 0 saturated carbocycles. The molecule has 5 heteroatoms. The van der Waals surface area contributed by atoms with Crippen LogP contribution in [0.1, 0.15) is 24.6 Å². The molecular weight excluding hydrogens is 286 g/mol. The molecule has 0 radical (unpaired) electrons. The highest BCUT2D eigenvalue weighted by molar-refractivity contribution is 5.66. The molecule has 0 unspecified atom stereocenters. The summed E-state index contributed by atoms with van der Waals surface area (Å²) >= 11 is 0. The zero-order valence-corrected chi connectivity index (χ0v) is 13.7. The lowest BCUT2D eigenvalue weighted by molar-refractivity contribution is 0.855. The van der Waals surface area contributed by atoms with Gasteiger partial charge in [-0.15, -0.1) is 0 Å². The van der Waals surface area contributed by atoms with Crippen LogP contribution in [0.3, 0.4) is 0 Å². The Hall–Kier alpha value is -2.40. The molecule has 0 amide bonds. The van der Waals surface area contributed by atoms with Crippen molar-refractivity contribution in [1.29, 1.82) is 0 Å². The summed E-state index contributed by atoms with van der Waals surface area (Å²) in [5.74, 6) is 0.947. The van der Waals surface area contributed by atoms with E-state index >= 15 is 0 Å². The standard InChI is InChI=1S/C18H23N5/c1-3-4-15-11-17(20-10-9-19)23-18(21-15)12-16(22-23)14-7-5-13(2)6-8-14/h5-8,11-12,20H,3-4,9-10,19H2,1-2H3. The summed E-state index contributed by atoms with van der Waals surface area (Å²) < 4.78 is 1.87. The van der Waals surface area contributed by atoms with E-state index in [0.717, 1.165) is 41.3 Å². The van der Waals surface area contributed by atoms with Crippen LogP contribution in [0.4, 0.5) is 5.82 Å².